The summed E-state index contributed by atoms with van der Waals surface area (Å²) in [6.45, 7) is 2.22. The number of imidazole rings is 1. The van der Waals surface area contributed by atoms with Crippen LogP contribution in [0.15, 0.2) is 18.7 Å². The number of carbonyl (C=O) groups is 2. The van der Waals surface area contributed by atoms with Crippen LogP contribution in [0, 0.1) is 0 Å². The Morgan fingerprint density at radius 2 is 2.31 bits per heavy atom. The van der Waals surface area contributed by atoms with E-state index in [9.17, 15) is 9.59 Å². The topological polar surface area (TPSA) is 84.2 Å². The summed E-state index contributed by atoms with van der Waals surface area (Å²) in [5.41, 5.74) is 0. The van der Waals surface area contributed by atoms with Gasteiger partial charge in [-0.05, 0) is 6.42 Å². The lowest BCUT2D eigenvalue weighted by molar-refractivity contribution is -0.141. The average Bonchev–Trinajstić information content (AvgIpc) is 2.75. The fraction of sp³-hybridized carbons (Fsp3) is 0.500. The molecule has 88 valence electrons. The third-order valence-electron chi connectivity index (χ3n) is 2.20. The third kappa shape index (κ3) is 3.72. The van der Waals surface area contributed by atoms with E-state index in [1.807, 2.05) is 0 Å². The molecule has 6 heteroatoms. The average molecular weight is 225 g/mol. The Kier molecular flexibility index (Phi) is 4.50. The summed E-state index contributed by atoms with van der Waals surface area (Å²) in [7, 11) is 0. The summed E-state index contributed by atoms with van der Waals surface area (Å²) in [4.78, 5) is 25.9. The van der Waals surface area contributed by atoms with Crippen LogP contribution in [-0.2, 0) is 16.1 Å². The van der Waals surface area contributed by atoms with Crippen molar-refractivity contribution in [3.05, 3.63) is 18.7 Å². The van der Waals surface area contributed by atoms with Crippen molar-refractivity contribution in [3.8, 4) is 0 Å². The Bertz CT molecular complexity index is 348. The molecule has 1 atom stereocenters. The lowest BCUT2D eigenvalue weighted by atomic mass is 10.2. The number of aliphatic carboxylic acids is 1. The molecule has 1 aromatic rings. The number of nitrogens with one attached hydrogen (secondary N) is 1. The van der Waals surface area contributed by atoms with Gasteiger partial charge in [0.2, 0.25) is 5.91 Å². The molecule has 0 aliphatic carbocycles. The highest BCUT2D eigenvalue weighted by Gasteiger charge is 2.16. The Hall–Kier alpha value is -1.85. The Morgan fingerprint density at radius 1 is 1.56 bits per heavy atom. The Balaban J connectivity index is 2.33. The van der Waals surface area contributed by atoms with Crippen LogP contribution in [0.4, 0.5) is 0 Å². The van der Waals surface area contributed by atoms with Gasteiger partial charge in [0, 0.05) is 25.4 Å². The van der Waals surface area contributed by atoms with Gasteiger partial charge in [-0.3, -0.25) is 4.79 Å². The van der Waals surface area contributed by atoms with Crippen LogP contribution in [-0.4, -0.2) is 32.6 Å². The molecule has 0 saturated carbocycles. The van der Waals surface area contributed by atoms with Crippen molar-refractivity contribution in [1.82, 2.24) is 14.9 Å². The molecule has 0 aliphatic rings. The standard InChI is InChI=1S/C10H15N3O3/c1-2-8(10(15)16)12-9(14)3-5-13-6-4-11-7-13/h4,6-8H,2-3,5H2,1H3,(H,12,14)(H,15,16)/t8-/m1/s1. The molecule has 16 heavy (non-hydrogen) atoms. The van der Waals surface area contributed by atoms with Gasteiger partial charge >= 0.3 is 5.97 Å². The van der Waals surface area contributed by atoms with E-state index in [1.54, 1.807) is 30.2 Å². The minimum absolute atomic E-state index is 0.250. The lowest BCUT2D eigenvalue weighted by Gasteiger charge is -2.12. The van der Waals surface area contributed by atoms with Crippen molar-refractivity contribution in [2.45, 2.75) is 32.4 Å². The number of hydrogen-bond acceptors (Lipinski definition) is 3. The van der Waals surface area contributed by atoms with Crippen LogP contribution in [0.5, 0.6) is 0 Å². The van der Waals surface area contributed by atoms with Crippen LogP contribution in [0.3, 0.4) is 0 Å². The summed E-state index contributed by atoms with van der Waals surface area (Å²) in [5.74, 6) is -1.26. The highest BCUT2D eigenvalue weighted by molar-refractivity contribution is 5.83. The number of amides is 1. The van der Waals surface area contributed by atoms with Crippen molar-refractivity contribution >= 4 is 11.9 Å². The molecule has 0 radical (unpaired) electrons. The SMILES string of the molecule is CC[C@@H](NC(=O)CCn1ccnc1)C(=O)O. The first-order chi connectivity index (χ1) is 7.63. The fourth-order valence-electron chi connectivity index (χ4n) is 1.25. The quantitative estimate of drug-likeness (QED) is 0.727. The van der Waals surface area contributed by atoms with Crippen molar-refractivity contribution in [2.75, 3.05) is 0 Å². The molecule has 6 nitrogen and oxygen atoms in total. The van der Waals surface area contributed by atoms with E-state index in [2.05, 4.69) is 10.3 Å². The second-order valence-electron chi connectivity index (χ2n) is 3.42. The van der Waals surface area contributed by atoms with E-state index in [4.69, 9.17) is 5.11 Å². The first kappa shape index (κ1) is 12.2. The minimum Gasteiger partial charge on any atom is -0.480 e. The molecule has 0 fully saturated rings. The summed E-state index contributed by atoms with van der Waals surface area (Å²) in [5, 5.41) is 11.2. The van der Waals surface area contributed by atoms with Crippen LogP contribution in [0.2, 0.25) is 0 Å². The van der Waals surface area contributed by atoms with Gasteiger partial charge in [-0.1, -0.05) is 6.92 Å². The molecule has 2 N–H and O–H groups in total. The molecule has 0 aromatic carbocycles. The van der Waals surface area contributed by atoms with Crippen molar-refractivity contribution in [3.63, 3.8) is 0 Å². The number of aryl methyl sites for hydroxylation is 1. The summed E-state index contributed by atoms with van der Waals surface area (Å²) < 4.78 is 1.77. The van der Waals surface area contributed by atoms with E-state index in [1.165, 1.54) is 0 Å². The molecule has 1 rings (SSSR count). The van der Waals surface area contributed by atoms with Gasteiger partial charge in [-0.15, -0.1) is 0 Å². The molecule has 1 amide bonds. The number of carboxylic acid groups (broad SMARTS) is 1. The number of carboxylic acids is 1. The van der Waals surface area contributed by atoms with Crippen LogP contribution in [0.1, 0.15) is 19.8 Å². The number of rotatable bonds is 6. The van der Waals surface area contributed by atoms with E-state index >= 15 is 0 Å². The highest BCUT2D eigenvalue weighted by Crippen LogP contribution is 1.95. The summed E-state index contributed by atoms with van der Waals surface area (Å²) in [6.07, 6.45) is 5.62. The zero-order valence-electron chi connectivity index (χ0n) is 9.09. The van der Waals surface area contributed by atoms with Crippen molar-refractivity contribution in [2.24, 2.45) is 0 Å². The fourth-order valence-corrected chi connectivity index (χ4v) is 1.25. The Morgan fingerprint density at radius 3 is 2.81 bits per heavy atom. The summed E-state index contributed by atoms with van der Waals surface area (Å²) >= 11 is 0. The van der Waals surface area contributed by atoms with Gasteiger partial charge in [0.25, 0.3) is 0 Å². The highest BCUT2D eigenvalue weighted by atomic mass is 16.4. The smallest absolute Gasteiger partial charge is 0.326 e. The molecular weight excluding hydrogens is 210 g/mol. The first-order valence-electron chi connectivity index (χ1n) is 5.11. The lowest BCUT2D eigenvalue weighted by Crippen LogP contribution is -2.40. The molecule has 0 aliphatic heterocycles. The summed E-state index contributed by atoms with van der Waals surface area (Å²) in [6, 6.07) is -0.796. The number of hydrogen-bond donors (Lipinski definition) is 2. The largest absolute Gasteiger partial charge is 0.480 e. The zero-order chi connectivity index (χ0) is 12.0. The van der Waals surface area contributed by atoms with Crippen LogP contribution < -0.4 is 5.32 Å². The zero-order valence-corrected chi connectivity index (χ0v) is 9.09. The molecule has 1 heterocycles. The maximum absolute atomic E-state index is 11.4. The molecule has 0 bridgehead atoms. The Labute approximate surface area is 93.3 Å². The van der Waals surface area contributed by atoms with Crippen LogP contribution >= 0.6 is 0 Å². The van der Waals surface area contributed by atoms with Crippen molar-refractivity contribution in [1.29, 1.82) is 0 Å². The second kappa shape index (κ2) is 5.89. The predicted octanol–water partition coefficient (Wildman–Crippen LogP) is 0.253. The van der Waals surface area contributed by atoms with Crippen LogP contribution in [0.25, 0.3) is 0 Å². The molecular formula is C10H15N3O3. The maximum atomic E-state index is 11.4. The van der Waals surface area contributed by atoms with Gasteiger partial charge in [-0.25, -0.2) is 9.78 Å². The second-order valence-corrected chi connectivity index (χ2v) is 3.42. The minimum atomic E-state index is -1.00. The molecule has 1 aromatic heterocycles. The van der Waals surface area contributed by atoms with Crippen molar-refractivity contribution < 1.29 is 14.7 Å². The van der Waals surface area contributed by atoms with E-state index in [0.717, 1.165) is 0 Å². The normalized spacial score (nSPS) is 12.1. The van der Waals surface area contributed by atoms with E-state index < -0.39 is 12.0 Å². The van der Waals surface area contributed by atoms with E-state index in [-0.39, 0.29) is 12.3 Å². The van der Waals surface area contributed by atoms with Gasteiger partial charge in [0.05, 0.1) is 6.33 Å². The molecule has 0 unspecified atom stereocenters. The van der Waals surface area contributed by atoms with Gasteiger partial charge in [-0.2, -0.15) is 0 Å². The monoisotopic (exact) mass is 225 g/mol. The maximum Gasteiger partial charge on any atom is 0.326 e. The molecule has 0 saturated heterocycles. The number of carbonyl (C=O) groups excluding carboxylic acids is 1. The predicted molar refractivity (Wildman–Crippen MR) is 56.7 cm³/mol. The van der Waals surface area contributed by atoms with E-state index in [0.29, 0.717) is 13.0 Å². The number of nitrogens with zero attached hydrogens (tertiary/aromatic N) is 2. The molecule has 0 spiro atoms. The van der Waals surface area contributed by atoms with Gasteiger partial charge in [0.15, 0.2) is 0 Å². The number of aromatic nitrogens is 2. The van der Waals surface area contributed by atoms with Gasteiger partial charge in [0.1, 0.15) is 6.04 Å². The first-order valence-corrected chi connectivity index (χ1v) is 5.11. The third-order valence-corrected chi connectivity index (χ3v) is 2.20. The van der Waals surface area contributed by atoms with Gasteiger partial charge < -0.3 is 15.0 Å².